The molecule has 4 N–H and O–H groups in total. The molecule has 10 nitrogen and oxygen atoms in total. The molecule has 0 unspecified atom stereocenters. The summed E-state index contributed by atoms with van der Waals surface area (Å²) in [6, 6.07) is 10.9. The molecule has 1 spiro atoms. The van der Waals surface area contributed by atoms with Crippen molar-refractivity contribution >= 4 is 30.2 Å². The number of piperidine rings is 1. The van der Waals surface area contributed by atoms with Gasteiger partial charge in [-0.2, -0.15) is 0 Å². The molecule has 3 aliphatic rings. The van der Waals surface area contributed by atoms with E-state index in [1.54, 1.807) is 0 Å². The van der Waals surface area contributed by atoms with Crippen molar-refractivity contribution < 1.29 is 34.4 Å². The lowest BCUT2D eigenvalue weighted by Gasteiger charge is -2.52. The second kappa shape index (κ2) is 13.5. The number of nitrogens with zero attached hydrogens (tertiary/aromatic N) is 2. The second-order valence-corrected chi connectivity index (χ2v) is 12.0. The molecule has 0 aromatic heterocycles. The lowest BCUT2D eigenvalue weighted by molar-refractivity contribution is -0.163. The van der Waals surface area contributed by atoms with Crippen LogP contribution in [0.15, 0.2) is 42.5 Å². The predicted octanol–water partition coefficient (Wildman–Crippen LogP) is 4.46. The Bertz CT molecular complexity index is 1300. The van der Waals surface area contributed by atoms with E-state index in [4.69, 9.17) is 9.84 Å². The highest BCUT2D eigenvalue weighted by molar-refractivity contribution is 6.00. The highest BCUT2D eigenvalue weighted by Crippen LogP contribution is 2.38. The molecule has 2 amide bonds. The van der Waals surface area contributed by atoms with Gasteiger partial charge in [-0.15, -0.1) is 12.4 Å². The largest absolute Gasteiger partial charge is 0.507 e. The standard InChI is InChI=1S/C32H41N3O7.ClH/c1-2-3-16-35-28(37)26(20-31(41)12-4-5-13-31)33-30(40)32(35)14-17-34(18-15-32)21-22-6-8-23(9-7-22)42-24-10-11-25(29(38)39)27(36)19-24;/h6-11,19,26,36,41H,2-5,12-18,20-21H2,1H3,(H,33,40)(H,38,39);1H/t26-;/m1./s1. The monoisotopic (exact) mass is 615 g/mol. The Kier molecular flexibility index (Phi) is 10.2. The number of carboxylic acid groups (broad SMARTS) is 1. The molecule has 2 saturated heterocycles. The quantitative estimate of drug-likeness (QED) is 0.307. The number of aliphatic hydroxyl groups is 1. The summed E-state index contributed by atoms with van der Waals surface area (Å²) in [6.45, 7) is 4.66. The summed E-state index contributed by atoms with van der Waals surface area (Å²) >= 11 is 0. The minimum absolute atomic E-state index is 0. The number of likely N-dealkylation sites (tertiary alicyclic amines) is 1. The van der Waals surface area contributed by atoms with Crippen LogP contribution < -0.4 is 10.1 Å². The van der Waals surface area contributed by atoms with E-state index < -0.39 is 23.2 Å². The number of aromatic hydroxyl groups is 1. The number of rotatable bonds is 10. The van der Waals surface area contributed by atoms with Crippen molar-refractivity contribution in [3.05, 3.63) is 53.6 Å². The number of amides is 2. The maximum Gasteiger partial charge on any atom is 0.339 e. The molecule has 43 heavy (non-hydrogen) atoms. The Morgan fingerprint density at radius 2 is 1.67 bits per heavy atom. The molecule has 2 aliphatic heterocycles. The zero-order valence-corrected chi connectivity index (χ0v) is 25.4. The minimum atomic E-state index is -1.21. The molecule has 3 fully saturated rings. The van der Waals surface area contributed by atoms with Gasteiger partial charge in [0.2, 0.25) is 11.8 Å². The molecule has 234 valence electrons. The van der Waals surface area contributed by atoms with Crippen LogP contribution in [-0.4, -0.2) is 79.7 Å². The molecule has 1 aliphatic carbocycles. The summed E-state index contributed by atoms with van der Waals surface area (Å²) in [5.74, 6) is -0.826. The number of hydrogen-bond acceptors (Lipinski definition) is 7. The number of carbonyl (C=O) groups is 3. The van der Waals surface area contributed by atoms with Crippen LogP contribution in [0.3, 0.4) is 0 Å². The van der Waals surface area contributed by atoms with Crippen LogP contribution in [-0.2, 0) is 16.1 Å². The molecule has 11 heteroatoms. The summed E-state index contributed by atoms with van der Waals surface area (Å²) in [6.07, 6.45) is 6.43. The summed E-state index contributed by atoms with van der Waals surface area (Å²) in [5.41, 5.74) is -0.839. The van der Waals surface area contributed by atoms with E-state index in [9.17, 15) is 24.6 Å². The lowest BCUT2D eigenvalue weighted by atomic mass is 9.80. The zero-order valence-electron chi connectivity index (χ0n) is 24.6. The van der Waals surface area contributed by atoms with E-state index in [-0.39, 0.29) is 42.0 Å². The number of carboxylic acids is 1. The SMILES string of the molecule is CCCCN1C(=O)[C@@H](CC2(O)CCCC2)NC(=O)C12CCN(Cc1ccc(Oc3ccc(C(=O)O)c(O)c3)cc1)CC2.Cl. The van der Waals surface area contributed by atoms with Crippen molar-refractivity contribution in [2.45, 2.75) is 88.4 Å². The first-order valence-corrected chi connectivity index (χ1v) is 15.0. The number of ether oxygens (including phenoxy) is 1. The first kappa shape index (κ1) is 32.6. The summed E-state index contributed by atoms with van der Waals surface area (Å²) in [7, 11) is 0. The number of unbranched alkanes of at least 4 members (excludes halogenated alkanes) is 1. The average Bonchev–Trinajstić information content (AvgIpc) is 3.39. The smallest absolute Gasteiger partial charge is 0.339 e. The molecular formula is C32H42ClN3O7. The average molecular weight is 616 g/mol. The van der Waals surface area contributed by atoms with Crippen molar-refractivity contribution in [1.82, 2.24) is 15.1 Å². The summed E-state index contributed by atoms with van der Waals surface area (Å²) in [4.78, 5) is 42.6. The third-order valence-corrected chi connectivity index (χ3v) is 9.11. The number of hydrogen-bond donors (Lipinski definition) is 4. The summed E-state index contributed by atoms with van der Waals surface area (Å²) in [5, 5.41) is 32.9. The zero-order chi connectivity index (χ0) is 29.9. The molecule has 2 aromatic rings. The van der Waals surface area contributed by atoms with Gasteiger partial charge in [0.1, 0.15) is 34.4 Å². The Labute approximate surface area is 258 Å². The first-order valence-electron chi connectivity index (χ1n) is 15.0. The van der Waals surface area contributed by atoms with Crippen molar-refractivity contribution in [3.8, 4) is 17.2 Å². The van der Waals surface area contributed by atoms with Crippen LogP contribution in [0, 0.1) is 0 Å². The molecule has 1 atom stereocenters. The molecule has 0 bridgehead atoms. The normalized spacial score (nSPS) is 21.3. The third kappa shape index (κ3) is 7.08. The number of carbonyl (C=O) groups excluding carboxylic acids is 2. The predicted molar refractivity (Wildman–Crippen MR) is 163 cm³/mol. The van der Waals surface area contributed by atoms with Crippen LogP contribution in [0.25, 0.3) is 0 Å². The van der Waals surface area contributed by atoms with Crippen molar-refractivity contribution in [2.75, 3.05) is 19.6 Å². The van der Waals surface area contributed by atoms with Gasteiger partial charge in [0.05, 0.1) is 5.60 Å². The van der Waals surface area contributed by atoms with Gasteiger partial charge in [0, 0.05) is 38.7 Å². The number of halogens is 1. The van der Waals surface area contributed by atoms with E-state index in [1.807, 2.05) is 29.2 Å². The van der Waals surface area contributed by atoms with Gasteiger partial charge in [-0.05, 0) is 61.9 Å². The van der Waals surface area contributed by atoms with Gasteiger partial charge in [-0.25, -0.2) is 4.79 Å². The van der Waals surface area contributed by atoms with Crippen LogP contribution in [0.5, 0.6) is 17.2 Å². The molecule has 2 aromatic carbocycles. The van der Waals surface area contributed by atoms with E-state index in [2.05, 4.69) is 17.1 Å². The Morgan fingerprint density at radius 1 is 1.02 bits per heavy atom. The van der Waals surface area contributed by atoms with E-state index in [0.717, 1.165) is 31.2 Å². The van der Waals surface area contributed by atoms with Crippen LogP contribution in [0.2, 0.25) is 0 Å². The number of benzene rings is 2. The van der Waals surface area contributed by atoms with Gasteiger partial charge in [-0.1, -0.05) is 38.3 Å². The topological polar surface area (TPSA) is 140 Å². The maximum absolute atomic E-state index is 13.7. The van der Waals surface area contributed by atoms with Gasteiger partial charge < -0.3 is 30.3 Å². The van der Waals surface area contributed by atoms with Crippen LogP contribution in [0.1, 0.15) is 80.6 Å². The molecular weight excluding hydrogens is 574 g/mol. The lowest BCUT2D eigenvalue weighted by Crippen LogP contribution is -2.73. The number of phenols is 1. The second-order valence-electron chi connectivity index (χ2n) is 12.0. The van der Waals surface area contributed by atoms with Crippen molar-refractivity contribution in [3.63, 3.8) is 0 Å². The Morgan fingerprint density at radius 3 is 2.28 bits per heavy atom. The molecule has 2 heterocycles. The van der Waals surface area contributed by atoms with E-state index in [0.29, 0.717) is 63.4 Å². The molecule has 0 radical (unpaired) electrons. The molecule has 5 rings (SSSR count). The number of piperazine rings is 1. The van der Waals surface area contributed by atoms with Gasteiger partial charge >= 0.3 is 5.97 Å². The minimum Gasteiger partial charge on any atom is -0.507 e. The van der Waals surface area contributed by atoms with Gasteiger partial charge in [0.25, 0.3) is 0 Å². The van der Waals surface area contributed by atoms with Crippen LogP contribution in [0.4, 0.5) is 0 Å². The van der Waals surface area contributed by atoms with E-state index in [1.165, 1.54) is 18.2 Å². The number of aromatic carboxylic acids is 1. The fourth-order valence-corrected chi connectivity index (χ4v) is 6.66. The fraction of sp³-hybridized carbons (Fsp3) is 0.531. The highest BCUT2D eigenvalue weighted by atomic mass is 35.5. The van der Waals surface area contributed by atoms with Crippen molar-refractivity contribution in [2.24, 2.45) is 0 Å². The fourth-order valence-electron chi connectivity index (χ4n) is 6.66. The van der Waals surface area contributed by atoms with Crippen molar-refractivity contribution in [1.29, 1.82) is 0 Å². The molecule has 1 saturated carbocycles. The third-order valence-electron chi connectivity index (χ3n) is 9.11. The number of nitrogens with one attached hydrogen (secondary N) is 1. The summed E-state index contributed by atoms with van der Waals surface area (Å²) < 4.78 is 5.77. The Hall–Kier alpha value is -3.34. The van der Waals surface area contributed by atoms with Gasteiger partial charge in [0.15, 0.2) is 0 Å². The maximum atomic E-state index is 13.7. The Balaban J connectivity index is 0.00000423. The van der Waals surface area contributed by atoms with Gasteiger partial charge in [-0.3, -0.25) is 14.5 Å². The van der Waals surface area contributed by atoms with E-state index >= 15 is 0 Å². The van der Waals surface area contributed by atoms with Crippen LogP contribution >= 0.6 is 12.4 Å². The first-order chi connectivity index (χ1) is 20.1. The highest BCUT2D eigenvalue weighted by Gasteiger charge is 2.54.